The van der Waals surface area contributed by atoms with Crippen LogP contribution in [0.2, 0.25) is 0 Å². The number of ketones is 1. The molecule has 0 unspecified atom stereocenters. The number of halogens is 1. The van der Waals surface area contributed by atoms with Crippen LogP contribution in [-0.4, -0.2) is 23.8 Å². The fourth-order valence-electron chi connectivity index (χ4n) is 4.37. The number of ether oxygens (including phenoxy) is 1. The Bertz CT molecular complexity index is 1500. The van der Waals surface area contributed by atoms with E-state index < -0.39 is 5.82 Å². The van der Waals surface area contributed by atoms with Crippen molar-refractivity contribution in [2.75, 3.05) is 12.4 Å². The molecule has 1 amide bonds. The van der Waals surface area contributed by atoms with E-state index in [0.717, 1.165) is 27.8 Å². The molecule has 0 bridgehead atoms. The number of nitrogens with zero attached hydrogens (tertiary/aromatic N) is 1. The Morgan fingerprint density at radius 2 is 1.65 bits per heavy atom. The van der Waals surface area contributed by atoms with Crippen molar-refractivity contribution < 1.29 is 18.7 Å². The molecular weight excluding hydrogens is 469 g/mol. The molecule has 0 aliphatic heterocycles. The first kappa shape index (κ1) is 25.7. The Morgan fingerprint density at radius 1 is 0.973 bits per heavy atom. The van der Waals surface area contributed by atoms with Crippen LogP contribution in [0.3, 0.4) is 0 Å². The molecule has 0 atom stereocenters. The molecule has 0 saturated carbocycles. The number of nitrogens with one attached hydrogen (secondary N) is 1. The van der Waals surface area contributed by atoms with Crippen molar-refractivity contribution in [2.45, 2.75) is 27.3 Å². The molecule has 188 valence electrons. The Labute approximate surface area is 215 Å². The second-order valence-electron chi connectivity index (χ2n) is 8.74. The highest BCUT2D eigenvalue weighted by Gasteiger charge is 2.17. The summed E-state index contributed by atoms with van der Waals surface area (Å²) < 4.78 is 20.1. The molecule has 1 aromatic heterocycles. The molecule has 0 radical (unpaired) electrons. The number of amides is 1. The van der Waals surface area contributed by atoms with Gasteiger partial charge in [0.1, 0.15) is 17.3 Å². The molecule has 0 spiro atoms. The number of pyridine rings is 1. The second kappa shape index (κ2) is 10.7. The van der Waals surface area contributed by atoms with Crippen LogP contribution in [0, 0.1) is 19.7 Å². The van der Waals surface area contributed by atoms with E-state index in [1.54, 1.807) is 12.1 Å². The maximum absolute atomic E-state index is 14.8. The third-order valence-electron chi connectivity index (χ3n) is 6.50. The molecule has 37 heavy (non-hydrogen) atoms. The van der Waals surface area contributed by atoms with Gasteiger partial charge in [-0.15, -0.1) is 0 Å². The van der Waals surface area contributed by atoms with Crippen molar-refractivity contribution in [3.8, 4) is 28.0 Å². The largest absolute Gasteiger partial charge is 0.496 e. The molecule has 6 nitrogen and oxygen atoms in total. The number of hydrogen-bond donors (Lipinski definition) is 2. The number of rotatable bonds is 7. The molecule has 7 heteroatoms. The number of anilines is 1. The van der Waals surface area contributed by atoms with Crippen molar-refractivity contribution in [3.05, 3.63) is 101 Å². The van der Waals surface area contributed by atoms with Gasteiger partial charge in [-0.25, -0.2) is 4.39 Å². The van der Waals surface area contributed by atoms with Gasteiger partial charge in [0, 0.05) is 29.6 Å². The summed E-state index contributed by atoms with van der Waals surface area (Å²) >= 11 is 0. The van der Waals surface area contributed by atoms with Crippen LogP contribution in [0.25, 0.3) is 22.3 Å². The van der Waals surface area contributed by atoms with E-state index in [0.29, 0.717) is 28.1 Å². The molecule has 0 fully saturated rings. The highest BCUT2D eigenvalue weighted by molar-refractivity contribution is 6.04. The number of carbonyl (C=O) groups excluding carboxylic acids is 2. The zero-order valence-electron chi connectivity index (χ0n) is 21.2. The molecule has 4 rings (SSSR count). The van der Waals surface area contributed by atoms with Crippen LogP contribution in [0.15, 0.2) is 66.9 Å². The minimum Gasteiger partial charge on any atom is -0.496 e. The smallest absolute Gasteiger partial charge is 0.274 e. The average molecular weight is 498 g/mol. The van der Waals surface area contributed by atoms with E-state index in [-0.39, 0.29) is 23.9 Å². The van der Waals surface area contributed by atoms with Gasteiger partial charge in [-0.3, -0.25) is 14.6 Å². The maximum atomic E-state index is 14.8. The van der Waals surface area contributed by atoms with E-state index in [1.165, 1.54) is 32.4 Å². The lowest BCUT2D eigenvalue weighted by molar-refractivity contribution is 0.100. The van der Waals surface area contributed by atoms with Crippen molar-refractivity contribution in [3.63, 3.8) is 0 Å². The molecule has 3 N–H and O–H groups in total. The SMILES string of the molecule is COc1cc(-c2cccc(-c3cccc(NC(=O)c4ccc(C(C)=O)cn4)c3C)c2C)cc(F)c1CN. The van der Waals surface area contributed by atoms with Crippen LogP contribution < -0.4 is 15.8 Å². The number of carbonyl (C=O) groups is 2. The quantitative estimate of drug-likeness (QED) is 0.301. The summed E-state index contributed by atoms with van der Waals surface area (Å²) in [5.41, 5.74) is 12.6. The molecule has 0 saturated heterocycles. The molecule has 1 heterocycles. The van der Waals surface area contributed by atoms with Gasteiger partial charge in [0.25, 0.3) is 5.91 Å². The van der Waals surface area contributed by atoms with Crippen LogP contribution in [0.5, 0.6) is 5.75 Å². The van der Waals surface area contributed by atoms with Crippen molar-refractivity contribution in [1.29, 1.82) is 0 Å². The van der Waals surface area contributed by atoms with Gasteiger partial charge >= 0.3 is 0 Å². The first-order valence-corrected chi connectivity index (χ1v) is 11.8. The maximum Gasteiger partial charge on any atom is 0.274 e. The zero-order chi connectivity index (χ0) is 26.7. The van der Waals surface area contributed by atoms with E-state index in [1.807, 2.05) is 50.2 Å². The summed E-state index contributed by atoms with van der Waals surface area (Å²) in [6.07, 6.45) is 1.40. The van der Waals surface area contributed by atoms with Crippen LogP contribution >= 0.6 is 0 Å². The molecular formula is C30H28FN3O3. The van der Waals surface area contributed by atoms with E-state index >= 15 is 0 Å². The summed E-state index contributed by atoms with van der Waals surface area (Å²) in [5, 5.41) is 2.92. The predicted octanol–water partition coefficient (Wildman–Crippen LogP) is 6.09. The summed E-state index contributed by atoms with van der Waals surface area (Å²) in [6, 6.07) is 17.9. The summed E-state index contributed by atoms with van der Waals surface area (Å²) in [5.74, 6) is -0.485. The molecule has 4 aromatic rings. The summed E-state index contributed by atoms with van der Waals surface area (Å²) in [7, 11) is 1.50. The van der Waals surface area contributed by atoms with E-state index in [4.69, 9.17) is 10.5 Å². The Hall–Kier alpha value is -4.36. The van der Waals surface area contributed by atoms with Gasteiger partial charge in [0.15, 0.2) is 5.78 Å². The standard InChI is InChI=1S/C30H28FN3O3/c1-17-22(21-13-26(31)25(15-32)29(14-21)37-4)7-5-8-23(17)24-9-6-10-27(18(24)2)34-30(36)28-12-11-20(16-33-28)19(3)35/h5-14,16H,15,32H2,1-4H3,(H,34,36). The summed E-state index contributed by atoms with van der Waals surface area (Å²) in [6.45, 7) is 5.41. The van der Waals surface area contributed by atoms with E-state index in [2.05, 4.69) is 10.3 Å². The number of methoxy groups -OCH3 is 1. The van der Waals surface area contributed by atoms with Crippen molar-refractivity contribution >= 4 is 17.4 Å². The van der Waals surface area contributed by atoms with Gasteiger partial charge < -0.3 is 15.8 Å². The van der Waals surface area contributed by atoms with Gasteiger partial charge in [0.05, 0.1) is 7.11 Å². The van der Waals surface area contributed by atoms with Crippen LogP contribution in [-0.2, 0) is 6.54 Å². The van der Waals surface area contributed by atoms with Crippen LogP contribution in [0.1, 0.15) is 44.5 Å². The highest BCUT2D eigenvalue weighted by atomic mass is 19.1. The first-order valence-electron chi connectivity index (χ1n) is 11.8. The van der Waals surface area contributed by atoms with Gasteiger partial charge in [-0.1, -0.05) is 30.3 Å². The number of nitrogens with two attached hydrogens (primary N) is 1. The van der Waals surface area contributed by atoms with Gasteiger partial charge in [-0.2, -0.15) is 0 Å². The lowest BCUT2D eigenvalue weighted by atomic mass is 9.90. The highest BCUT2D eigenvalue weighted by Crippen LogP contribution is 2.37. The molecule has 0 aliphatic rings. The normalized spacial score (nSPS) is 10.8. The second-order valence-corrected chi connectivity index (χ2v) is 8.74. The topological polar surface area (TPSA) is 94.3 Å². The predicted molar refractivity (Wildman–Crippen MR) is 143 cm³/mol. The minimum atomic E-state index is -0.410. The Balaban J connectivity index is 1.70. The lowest BCUT2D eigenvalue weighted by Crippen LogP contribution is -2.15. The van der Waals surface area contributed by atoms with E-state index in [9.17, 15) is 14.0 Å². The number of aromatic nitrogens is 1. The van der Waals surface area contributed by atoms with Crippen molar-refractivity contribution in [1.82, 2.24) is 4.98 Å². The Morgan fingerprint density at radius 3 is 2.27 bits per heavy atom. The summed E-state index contributed by atoms with van der Waals surface area (Å²) in [4.78, 5) is 28.4. The number of hydrogen-bond acceptors (Lipinski definition) is 5. The average Bonchev–Trinajstić information content (AvgIpc) is 2.89. The fourth-order valence-corrected chi connectivity index (χ4v) is 4.37. The lowest BCUT2D eigenvalue weighted by Gasteiger charge is -2.17. The van der Waals surface area contributed by atoms with Crippen LogP contribution in [0.4, 0.5) is 10.1 Å². The Kier molecular flexibility index (Phi) is 7.45. The van der Waals surface area contributed by atoms with Crippen molar-refractivity contribution in [2.24, 2.45) is 5.73 Å². The number of benzene rings is 3. The molecule has 3 aromatic carbocycles. The third-order valence-corrected chi connectivity index (χ3v) is 6.50. The minimum absolute atomic E-state index is 0.0441. The fraction of sp³-hybridized carbons (Fsp3) is 0.167. The third kappa shape index (κ3) is 5.13. The monoisotopic (exact) mass is 497 g/mol. The number of Topliss-reactive ketones (excluding diaryl/α,β-unsaturated/α-hetero) is 1. The van der Waals surface area contributed by atoms with Gasteiger partial charge in [-0.05, 0) is 84.5 Å². The first-order chi connectivity index (χ1) is 17.7. The van der Waals surface area contributed by atoms with Gasteiger partial charge in [0.2, 0.25) is 0 Å². The molecule has 0 aliphatic carbocycles. The zero-order valence-corrected chi connectivity index (χ0v) is 21.2.